The molecule has 4 rings (SSSR count). The first-order valence-electron chi connectivity index (χ1n) is 10.4. The molecule has 1 saturated heterocycles. The van der Waals surface area contributed by atoms with Crippen molar-refractivity contribution in [2.75, 3.05) is 31.5 Å². The fourth-order valence-corrected chi connectivity index (χ4v) is 4.24. The molecule has 1 aromatic heterocycles. The highest BCUT2D eigenvalue weighted by Crippen LogP contribution is 2.17. The molecule has 2 aromatic carbocycles. The van der Waals surface area contributed by atoms with Gasteiger partial charge in [0.25, 0.3) is 5.91 Å². The average molecular weight is 454 g/mol. The quantitative estimate of drug-likeness (QED) is 0.621. The molecule has 1 aliphatic heterocycles. The van der Waals surface area contributed by atoms with Gasteiger partial charge in [0.15, 0.2) is 0 Å². The number of amides is 2. The second-order valence-electron chi connectivity index (χ2n) is 7.78. The normalized spacial score (nSPS) is 14.4. The number of halogens is 1. The van der Waals surface area contributed by atoms with E-state index >= 15 is 0 Å². The van der Waals surface area contributed by atoms with E-state index in [1.165, 1.54) is 41.2 Å². The molecule has 1 N–H and O–H groups in total. The number of nitrogens with one attached hydrogen (secondary N) is 1. The summed E-state index contributed by atoms with van der Waals surface area (Å²) in [6, 6.07) is 13.6. The Morgan fingerprint density at radius 1 is 1.00 bits per heavy atom. The number of anilines is 1. The number of aryl methyl sites for hydroxylation is 1. The Balaban J connectivity index is 1.25. The van der Waals surface area contributed by atoms with E-state index in [9.17, 15) is 14.0 Å². The maximum absolute atomic E-state index is 13.0. The van der Waals surface area contributed by atoms with Crippen LogP contribution in [0.1, 0.15) is 25.9 Å². The third-order valence-corrected chi connectivity index (χ3v) is 6.23. The topological polar surface area (TPSA) is 78.4 Å². The summed E-state index contributed by atoms with van der Waals surface area (Å²) >= 11 is 1.24. The van der Waals surface area contributed by atoms with Gasteiger partial charge < -0.3 is 10.2 Å². The standard InChI is InChI=1S/C23H24FN5O2S/c1-16-2-4-17(5-3-16)14-21(30)29-12-10-28(11-13-29)15-20-26-27-23(32-20)22(31)25-19-8-6-18(24)7-9-19/h2-9H,10-15H2,1H3,(H,25,31). The summed E-state index contributed by atoms with van der Waals surface area (Å²) in [6.45, 7) is 5.45. The zero-order valence-corrected chi connectivity index (χ0v) is 18.6. The number of benzene rings is 2. The third kappa shape index (κ3) is 5.74. The van der Waals surface area contributed by atoms with Crippen LogP contribution in [0.25, 0.3) is 0 Å². The molecule has 0 unspecified atom stereocenters. The molecule has 1 fully saturated rings. The van der Waals surface area contributed by atoms with Gasteiger partial charge in [-0.05, 0) is 36.8 Å². The molecule has 9 heteroatoms. The molecule has 0 radical (unpaired) electrons. The van der Waals surface area contributed by atoms with Gasteiger partial charge >= 0.3 is 0 Å². The number of rotatable bonds is 6. The lowest BCUT2D eigenvalue weighted by molar-refractivity contribution is -0.132. The zero-order chi connectivity index (χ0) is 22.5. The highest BCUT2D eigenvalue weighted by molar-refractivity contribution is 7.13. The summed E-state index contributed by atoms with van der Waals surface area (Å²) < 4.78 is 13.0. The first-order valence-corrected chi connectivity index (χ1v) is 11.2. The second-order valence-corrected chi connectivity index (χ2v) is 8.84. The smallest absolute Gasteiger partial charge is 0.286 e. The van der Waals surface area contributed by atoms with Gasteiger partial charge in [-0.15, -0.1) is 10.2 Å². The van der Waals surface area contributed by atoms with Crippen LogP contribution >= 0.6 is 11.3 Å². The molecular formula is C23H24FN5O2S. The molecule has 1 aliphatic rings. The van der Waals surface area contributed by atoms with Gasteiger partial charge in [0.2, 0.25) is 10.9 Å². The predicted molar refractivity (Wildman–Crippen MR) is 121 cm³/mol. The average Bonchev–Trinajstić information content (AvgIpc) is 3.26. The van der Waals surface area contributed by atoms with Gasteiger partial charge in [0.05, 0.1) is 13.0 Å². The summed E-state index contributed by atoms with van der Waals surface area (Å²) in [5.74, 6) is -0.589. The van der Waals surface area contributed by atoms with Crippen LogP contribution in [0.3, 0.4) is 0 Å². The largest absolute Gasteiger partial charge is 0.340 e. The minimum absolute atomic E-state index is 0.143. The van der Waals surface area contributed by atoms with E-state index in [1.54, 1.807) is 0 Å². The van der Waals surface area contributed by atoms with E-state index in [0.717, 1.165) is 23.7 Å². The Labute approximate surface area is 189 Å². The first-order chi connectivity index (χ1) is 15.5. The van der Waals surface area contributed by atoms with Crippen molar-refractivity contribution in [1.29, 1.82) is 0 Å². The minimum Gasteiger partial charge on any atom is -0.340 e. The highest BCUT2D eigenvalue weighted by Gasteiger charge is 2.22. The number of hydrogen-bond donors (Lipinski definition) is 1. The Morgan fingerprint density at radius 3 is 2.38 bits per heavy atom. The Kier molecular flexibility index (Phi) is 6.87. The maximum atomic E-state index is 13.0. The fourth-order valence-electron chi connectivity index (χ4n) is 3.47. The highest BCUT2D eigenvalue weighted by atomic mass is 32.1. The molecule has 0 atom stereocenters. The van der Waals surface area contributed by atoms with Gasteiger partial charge in [-0.25, -0.2) is 4.39 Å². The van der Waals surface area contributed by atoms with E-state index in [-0.39, 0.29) is 22.6 Å². The monoisotopic (exact) mass is 453 g/mol. The van der Waals surface area contributed by atoms with Crippen molar-refractivity contribution in [2.45, 2.75) is 19.9 Å². The molecule has 0 bridgehead atoms. The van der Waals surface area contributed by atoms with Crippen molar-refractivity contribution in [3.63, 3.8) is 0 Å². The van der Waals surface area contributed by atoms with E-state index in [0.29, 0.717) is 31.7 Å². The lowest BCUT2D eigenvalue weighted by Crippen LogP contribution is -2.48. The molecule has 0 spiro atoms. The van der Waals surface area contributed by atoms with E-state index in [1.807, 2.05) is 36.1 Å². The fraction of sp³-hybridized carbons (Fsp3) is 0.304. The van der Waals surface area contributed by atoms with Gasteiger partial charge in [-0.2, -0.15) is 0 Å². The number of hydrogen-bond acceptors (Lipinski definition) is 6. The molecule has 7 nitrogen and oxygen atoms in total. The molecule has 3 aromatic rings. The molecule has 32 heavy (non-hydrogen) atoms. The Hall–Kier alpha value is -3.17. The van der Waals surface area contributed by atoms with Gasteiger partial charge in [0.1, 0.15) is 10.8 Å². The molecule has 0 aliphatic carbocycles. The third-order valence-electron chi connectivity index (χ3n) is 5.32. The second kappa shape index (κ2) is 9.97. The van der Waals surface area contributed by atoms with Crippen molar-refractivity contribution in [3.8, 4) is 0 Å². The number of piperazine rings is 1. The summed E-state index contributed by atoms with van der Waals surface area (Å²) in [5, 5.41) is 11.8. The molecular weight excluding hydrogens is 429 g/mol. The molecule has 2 heterocycles. The molecule has 0 saturated carbocycles. The van der Waals surface area contributed by atoms with Crippen molar-refractivity contribution in [1.82, 2.24) is 20.0 Å². The van der Waals surface area contributed by atoms with Crippen LogP contribution in [0.2, 0.25) is 0 Å². The summed E-state index contributed by atoms with van der Waals surface area (Å²) in [7, 11) is 0. The zero-order valence-electron chi connectivity index (χ0n) is 17.8. The van der Waals surface area contributed by atoms with Crippen LogP contribution in [0.5, 0.6) is 0 Å². The number of aromatic nitrogens is 2. The van der Waals surface area contributed by atoms with Gasteiger partial charge in [-0.1, -0.05) is 41.2 Å². The summed E-state index contributed by atoms with van der Waals surface area (Å²) in [6.07, 6.45) is 0.420. The summed E-state index contributed by atoms with van der Waals surface area (Å²) in [4.78, 5) is 29.0. The SMILES string of the molecule is Cc1ccc(CC(=O)N2CCN(Cc3nnc(C(=O)Nc4ccc(F)cc4)s3)CC2)cc1. The number of nitrogens with zero attached hydrogens (tertiary/aromatic N) is 4. The Bertz CT molecular complexity index is 1080. The van der Waals surface area contributed by atoms with Crippen LogP contribution in [0, 0.1) is 12.7 Å². The van der Waals surface area contributed by atoms with Crippen molar-refractivity contribution >= 4 is 28.8 Å². The summed E-state index contributed by atoms with van der Waals surface area (Å²) in [5.41, 5.74) is 2.71. The van der Waals surface area contributed by atoms with Crippen molar-refractivity contribution in [2.24, 2.45) is 0 Å². The molecule has 166 valence electrons. The van der Waals surface area contributed by atoms with Gasteiger partial charge in [0, 0.05) is 31.9 Å². The number of carbonyl (C=O) groups excluding carboxylic acids is 2. The lowest BCUT2D eigenvalue weighted by atomic mass is 10.1. The maximum Gasteiger partial charge on any atom is 0.286 e. The van der Waals surface area contributed by atoms with E-state index in [4.69, 9.17) is 0 Å². The first kappa shape index (κ1) is 22.0. The van der Waals surface area contributed by atoms with Crippen LogP contribution in [0.15, 0.2) is 48.5 Å². The van der Waals surface area contributed by atoms with Crippen LogP contribution in [-0.2, 0) is 17.8 Å². The van der Waals surface area contributed by atoms with Crippen LogP contribution in [0.4, 0.5) is 10.1 Å². The minimum atomic E-state index is -0.369. The van der Waals surface area contributed by atoms with Crippen LogP contribution < -0.4 is 5.32 Å². The Morgan fingerprint density at radius 2 is 1.69 bits per heavy atom. The van der Waals surface area contributed by atoms with E-state index < -0.39 is 0 Å². The van der Waals surface area contributed by atoms with Gasteiger partial charge in [-0.3, -0.25) is 14.5 Å². The van der Waals surface area contributed by atoms with Crippen molar-refractivity contribution in [3.05, 3.63) is 75.5 Å². The van der Waals surface area contributed by atoms with E-state index in [2.05, 4.69) is 20.4 Å². The predicted octanol–water partition coefficient (Wildman–Crippen LogP) is 3.12. The lowest BCUT2D eigenvalue weighted by Gasteiger charge is -2.34. The number of carbonyl (C=O) groups is 2. The van der Waals surface area contributed by atoms with Crippen molar-refractivity contribution < 1.29 is 14.0 Å². The molecule has 2 amide bonds. The van der Waals surface area contributed by atoms with Crippen LogP contribution in [-0.4, -0.2) is 58.0 Å².